The normalized spacial score (nSPS) is 13.9. The van der Waals surface area contributed by atoms with E-state index in [1.54, 1.807) is 6.33 Å². The summed E-state index contributed by atoms with van der Waals surface area (Å²) in [5.74, 6) is -2.79. The van der Waals surface area contributed by atoms with Crippen LogP contribution in [0, 0.1) is 0 Å². The van der Waals surface area contributed by atoms with Crippen molar-refractivity contribution in [3.63, 3.8) is 0 Å². The summed E-state index contributed by atoms with van der Waals surface area (Å²) in [7, 11) is -5.77. The minimum Gasteiger partial charge on any atom is -0.474 e. The summed E-state index contributed by atoms with van der Waals surface area (Å²) >= 11 is 0. The standard InChI is InChI=1S/C31H25F4N2O6P/c32-30(33,28(38)39)43-25-16-12-22(13-17-25)19-29(23-6-2-1-3-7-23,37-20-36-26-8-4-5-9-27(26)37)18-21-10-14-24(15-11-21)31(34,35)44(40,41)42/h1-17,20H,18-19H2,(H,38,39)(H2,40,41,42). The number of alkyl halides is 4. The topological polar surface area (TPSA) is 122 Å². The van der Waals surface area contributed by atoms with Gasteiger partial charge in [0, 0.05) is 18.4 Å². The Balaban J connectivity index is 1.63. The second kappa shape index (κ2) is 11.5. The molecule has 13 heteroatoms. The van der Waals surface area contributed by atoms with E-state index in [1.165, 1.54) is 36.4 Å². The van der Waals surface area contributed by atoms with E-state index in [9.17, 15) is 36.7 Å². The Kier molecular flexibility index (Phi) is 8.11. The van der Waals surface area contributed by atoms with Gasteiger partial charge < -0.3 is 24.2 Å². The summed E-state index contributed by atoms with van der Waals surface area (Å²) in [6.45, 7) is 0. The van der Waals surface area contributed by atoms with E-state index in [-0.39, 0.29) is 18.6 Å². The maximum absolute atomic E-state index is 14.4. The molecule has 0 bridgehead atoms. The number of aromatic nitrogens is 2. The number of hydrogen-bond acceptors (Lipinski definition) is 4. The molecule has 0 fully saturated rings. The Hall–Kier alpha value is -4.51. The predicted molar refractivity (Wildman–Crippen MR) is 153 cm³/mol. The number of fused-ring (bicyclic) bond motifs is 1. The molecule has 0 radical (unpaired) electrons. The molecule has 0 aliphatic heterocycles. The van der Waals surface area contributed by atoms with Gasteiger partial charge in [0.2, 0.25) is 0 Å². The van der Waals surface area contributed by atoms with Crippen molar-refractivity contribution in [2.75, 3.05) is 0 Å². The van der Waals surface area contributed by atoms with Crippen LogP contribution in [-0.4, -0.2) is 36.5 Å². The molecule has 1 unspecified atom stereocenters. The molecule has 0 saturated carbocycles. The van der Waals surface area contributed by atoms with Gasteiger partial charge in [-0.05, 0) is 41.0 Å². The molecular formula is C31H25F4N2O6P. The van der Waals surface area contributed by atoms with E-state index in [2.05, 4.69) is 9.72 Å². The maximum atomic E-state index is 14.4. The number of halogens is 4. The molecule has 5 aromatic rings. The van der Waals surface area contributed by atoms with Gasteiger partial charge in [0.1, 0.15) is 5.75 Å². The fourth-order valence-corrected chi connectivity index (χ4v) is 5.64. The molecule has 8 nitrogen and oxygen atoms in total. The van der Waals surface area contributed by atoms with Crippen LogP contribution in [0.2, 0.25) is 0 Å². The first-order chi connectivity index (χ1) is 20.7. The zero-order valence-corrected chi connectivity index (χ0v) is 23.6. The summed E-state index contributed by atoms with van der Waals surface area (Å²) in [5.41, 5.74) is -2.76. The molecule has 228 valence electrons. The van der Waals surface area contributed by atoms with Gasteiger partial charge >= 0.3 is 25.3 Å². The largest absolute Gasteiger partial charge is 0.501 e. The number of benzene rings is 4. The predicted octanol–water partition coefficient (Wildman–Crippen LogP) is 6.55. The first-order valence-corrected chi connectivity index (χ1v) is 14.7. The van der Waals surface area contributed by atoms with E-state index in [1.807, 2.05) is 59.2 Å². The maximum Gasteiger partial charge on any atom is 0.501 e. The van der Waals surface area contributed by atoms with E-state index in [4.69, 9.17) is 5.11 Å². The van der Waals surface area contributed by atoms with Gasteiger partial charge in [0.05, 0.1) is 22.9 Å². The lowest BCUT2D eigenvalue weighted by atomic mass is 9.78. The number of carbonyl (C=O) groups is 1. The number of ether oxygens (including phenoxy) is 1. The van der Waals surface area contributed by atoms with Crippen molar-refractivity contribution in [3.05, 3.63) is 132 Å². The molecular weight excluding hydrogens is 603 g/mol. The third-order valence-electron chi connectivity index (χ3n) is 7.30. The first kappa shape index (κ1) is 30.9. The third kappa shape index (κ3) is 5.96. The summed E-state index contributed by atoms with van der Waals surface area (Å²) in [5, 5.41) is 8.71. The summed E-state index contributed by atoms with van der Waals surface area (Å²) in [6.07, 6.45) is -2.35. The van der Waals surface area contributed by atoms with Crippen molar-refractivity contribution in [2.45, 2.75) is 30.2 Å². The Labute approximate surface area is 248 Å². The Morgan fingerprint density at radius 1 is 0.773 bits per heavy atom. The van der Waals surface area contributed by atoms with Gasteiger partial charge in [-0.25, -0.2) is 9.78 Å². The third-order valence-corrected chi connectivity index (χ3v) is 8.29. The smallest absolute Gasteiger partial charge is 0.474 e. The van der Waals surface area contributed by atoms with Crippen LogP contribution >= 0.6 is 7.60 Å². The second-order valence-electron chi connectivity index (χ2n) is 10.2. The number of hydrogen-bond donors (Lipinski definition) is 3. The lowest BCUT2D eigenvalue weighted by molar-refractivity contribution is -0.210. The molecule has 0 aliphatic carbocycles. The van der Waals surface area contributed by atoms with Crippen molar-refractivity contribution in [2.24, 2.45) is 0 Å². The molecule has 1 aromatic heterocycles. The van der Waals surface area contributed by atoms with Crippen molar-refractivity contribution >= 4 is 24.6 Å². The van der Waals surface area contributed by atoms with Crippen LogP contribution in [0.5, 0.6) is 5.75 Å². The van der Waals surface area contributed by atoms with Gasteiger partial charge in [-0.1, -0.05) is 78.9 Å². The molecule has 44 heavy (non-hydrogen) atoms. The first-order valence-electron chi connectivity index (χ1n) is 13.1. The van der Waals surface area contributed by atoms with Crippen LogP contribution in [-0.2, 0) is 33.4 Å². The average Bonchev–Trinajstić information content (AvgIpc) is 3.42. The zero-order chi connectivity index (χ0) is 31.8. The SMILES string of the molecule is O=C(O)C(F)(F)Oc1ccc(CC(Cc2ccc(C(F)(F)P(=O)(O)O)cc2)(c2ccccc2)n2cnc3ccccc32)cc1. The van der Waals surface area contributed by atoms with Gasteiger partial charge in [-0.15, -0.1) is 0 Å². The van der Waals surface area contributed by atoms with Gasteiger partial charge in [0.15, 0.2) is 0 Å². The van der Waals surface area contributed by atoms with Crippen LogP contribution in [0.15, 0.2) is 109 Å². The number of imidazole rings is 1. The number of nitrogens with zero attached hydrogens (tertiary/aromatic N) is 2. The van der Waals surface area contributed by atoms with Crippen LogP contribution < -0.4 is 4.74 Å². The molecule has 0 saturated heterocycles. The fraction of sp³-hybridized carbons (Fsp3) is 0.161. The highest BCUT2D eigenvalue weighted by Crippen LogP contribution is 2.59. The van der Waals surface area contributed by atoms with Gasteiger partial charge in [-0.2, -0.15) is 17.6 Å². The number of carboxylic acids is 1. The quantitative estimate of drug-likeness (QED) is 0.112. The number of para-hydroxylation sites is 2. The van der Waals surface area contributed by atoms with E-state index < -0.39 is 36.4 Å². The minimum atomic E-state index is -5.77. The summed E-state index contributed by atoms with van der Waals surface area (Å²) < 4.78 is 73.8. The number of aliphatic carboxylic acids is 1. The summed E-state index contributed by atoms with van der Waals surface area (Å²) in [6, 6.07) is 26.8. The highest BCUT2D eigenvalue weighted by Gasteiger charge is 2.50. The van der Waals surface area contributed by atoms with Crippen molar-refractivity contribution in [3.8, 4) is 5.75 Å². The van der Waals surface area contributed by atoms with Crippen LogP contribution in [0.4, 0.5) is 17.6 Å². The highest BCUT2D eigenvalue weighted by molar-refractivity contribution is 7.52. The number of rotatable bonds is 11. The van der Waals surface area contributed by atoms with Crippen LogP contribution in [0.25, 0.3) is 11.0 Å². The molecule has 5 rings (SSSR count). The zero-order valence-electron chi connectivity index (χ0n) is 22.7. The van der Waals surface area contributed by atoms with E-state index in [0.29, 0.717) is 16.6 Å². The van der Waals surface area contributed by atoms with Crippen molar-refractivity contribution in [1.82, 2.24) is 9.55 Å². The molecule has 4 aromatic carbocycles. The lowest BCUT2D eigenvalue weighted by Crippen LogP contribution is -2.39. The molecule has 1 atom stereocenters. The molecule has 0 aliphatic rings. The van der Waals surface area contributed by atoms with E-state index >= 15 is 0 Å². The highest BCUT2D eigenvalue weighted by atomic mass is 31.2. The van der Waals surface area contributed by atoms with Crippen molar-refractivity contribution in [1.29, 1.82) is 0 Å². The average molecular weight is 629 g/mol. The van der Waals surface area contributed by atoms with Crippen LogP contribution in [0.1, 0.15) is 22.3 Å². The molecule has 3 N–H and O–H groups in total. The fourth-order valence-electron chi connectivity index (χ4n) is 5.16. The molecule has 0 amide bonds. The number of carboxylic acid groups (broad SMARTS) is 1. The van der Waals surface area contributed by atoms with Crippen molar-refractivity contribution < 1.29 is 46.6 Å². The Morgan fingerprint density at radius 3 is 1.89 bits per heavy atom. The van der Waals surface area contributed by atoms with Gasteiger partial charge in [-0.3, -0.25) is 4.57 Å². The monoisotopic (exact) mass is 628 g/mol. The minimum absolute atomic E-state index is 0.189. The second-order valence-corrected chi connectivity index (χ2v) is 11.9. The van der Waals surface area contributed by atoms with E-state index in [0.717, 1.165) is 23.2 Å². The molecule has 1 heterocycles. The van der Waals surface area contributed by atoms with Gasteiger partial charge in [0.25, 0.3) is 0 Å². The summed E-state index contributed by atoms with van der Waals surface area (Å²) in [4.78, 5) is 33.7. The lowest BCUT2D eigenvalue weighted by Gasteiger charge is -2.37. The van der Waals surface area contributed by atoms with Crippen LogP contribution in [0.3, 0.4) is 0 Å². The Bertz CT molecular complexity index is 1830. The molecule has 0 spiro atoms. The Morgan fingerprint density at radius 2 is 1.32 bits per heavy atom.